The van der Waals surface area contributed by atoms with Crippen LogP contribution in [0.5, 0.6) is 0 Å². The maximum Gasteiger partial charge on any atom is 0.277 e. The molecule has 0 saturated heterocycles. The number of anilines is 1. The average molecular weight is 374 g/mol. The van der Waals surface area contributed by atoms with Crippen molar-refractivity contribution in [1.29, 1.82) is 0 Å². The van der Waals surface area contributed by atoms with Gasteiger partial charge in [-0.15, -0.1) is 0 Å². The van der Waals surface area contributed by atoms with Crippen molar-refractivity contribution in [2.45, 2.75) is 12.5 Å². The lowest BCUT2D eigenvalue weighted by atomic mass is 9.85. The van der Waals surface area contributed by atoms with Crippen molar-refractivity contribution in [3.05, 3.63) is 71.6 Å². The van der Waals surface area contributed by atoms with Gasteiger partial charge in [-0.1, -0.05) is 18.3 Å². The number of aromatic nitrogens is 1. The van der Waals surface area contributed by atoms with Crippen molar-refractivity contribution in [2.24, 2.45) is 10.7 Å². The highest BCUT2D eigenvalue weighted by Gasteiger charge is 2.35. The van der Waals surface area contributed by atoms with Gasteiger partial charge in [0.15, 0.2) is 16.7 Å². The first-order valence-electron chi connectivity index (χ1n) is 7.69. The van der Waals surface area contributed by atoms with Gasteiger partial charge < -0.3 is 11.1 Å². The summed E-state index contributed by atoms with van der Waals surface area (Å²) < 4.78 is 28.2. The van der Waals surface area contributed by atoms with Crippen LogP contribution in [0, 0.1) is 11.6 Å². The number of halogens is 2. The van der Waals surface area contributed by atoms with E-state index in [4.69, 9.17) is 5.73 Å². The molecule has 1 aliphatic heterocycles. The largest absolute Gasteiger partial charge is 0.378 e. The maximum absolute atomic E-state index is 14.5. The van der Waals surface area contributed by atoms with Crippen LogP contribution in [0.3, 0.4) is 0 Å². The minimum Gasteiger partial charge on any atom is -0.378 e. The molecular formula is C18H16F2N4OS. The Balaban J connectivity index is 1.96. The molecule has 0 spiro atoms. The standard InChI is InChI=1S/C18H16F2N4OS/c1-10-9-26-17(21)24-18(10,2)12-8-11(5-6-13(12)19)23-16(25)15-14(20)4-3-7-22-15/h3-8H,1,9H2,2H3,(H2,21,24)(H,23,25)/t18-/m0/s1. The number of nitrogens with zero attached hydrogens (tertiary/aromatic N) is 2. The molecule has 0 radical (unpaired) electrons. The van der Waals surface area contributed by atoms with Gasteiger partial charge in [-0.05, 0) is 42.8 Å². The van der Waals surface area contributed by atoms with Crippen LogP contribution in [0.25, 0.3) is 0 Å². The number of amides is 1. The number of nitrogens with one attached hydrogen (secondary N) is 1. The van der Waals surface area contributed by atoms with Gasteiger partial charge in [-0.2, -0.15) is 0 Å². The Labute approximate surface area is 153 Å². The molecule has 3 rings (SSSR count). The molecule has 1 amide bonds. The van der Waals surface area contributed by atoms with Crippen LogP contribution in [0.4, 0.5) is 14.5 Å². The lowest BCUT2D eigenvalue weighted by Crippen LogP contribution is -2.32. The molecular weight excluding hydrogens is 358 g/mol. The van der Waals surface area contributed by atoms with Gasteiger partial charge in [0.05, 0.1) is 0 Å². The zero-order valence-electron chi connectivity index (χ0n) is 13.9. The molecule has 2 aromatic rings. The van der Waals surface area contributed by atoms with Crippen LogP contribution in [-0.4, -0.2) is 21.8 Å². The quantitative estimate of drug-likeness (QED) is 0.807. The molecule has 1 aliphatic rings. The van der Waals surface area contributed by atoms with Gasteiger partial charge in [0, 0.05) is 23.2 Å². The van der Waals surface area contributed by atoms with Crippen LogP contribution in [0.1, 0.15) is 23.0 Å². The third-order valence-corrected chi connectivity index (χ3v) is 5.02. The molecule has 26 heavy (non-hydrogen) atoms. The fourth-order valence-corrected chi connectivity index (χ4v) is 3.45. The summed E-state index contributed by atoms with van der Waals surface area (Å²) in [6, 6.07) is 6.57. The van der Waals surface area contributed by atoms with Crippen LogP contribution in [-0.2, 0) is 5.54 Å². The van der Waals surface area contributed by atoms with E-state index in [1.165, 1.54) is 42.2 Å². The second kappa shape index (κ2) is 6.87. The van der Waals surface area contributed by atoms with Crippen LogP contribution >= 0.6 is 11.8 Å². The molecule has 134 valence electrons. The highest BCUT2D eigenvalue weighted by atomic mass is 32.2. The fourth-order valence-electron chi connectivity index (χ4n) is 2.60. The first-order chi connectivity index (χ1) is 12.3. The van der Waals surface area contributed by atoms with Crippen molar-refractivity contribution < 1.29 is 13.6 Å². The number of nitrogens with two attached hydrogens (primary N) is 1. The molecule has 0 unspecified atom stereocenters. The Hall–Kier alpha value is -2.74. The van der Waals surface area contributed by atoms with Crippen LogP contribution < -0.4 is 11.1 Å². The van der Waals surface area contributed by atoms with Crippen molar-refractivity contribution in [3.8, 4) is 0 Å². The molecule has 0 bridgehead atoms. The van der Waals surface area contributed by atoms with Gasteiger partial charge in [-0.3, -0.25) is 4.79 Å². The van der Waals surface area contributed by atoms with E-state index in [0.29, 0.717) is 16.5 Å². The maximum atomic E-state index is 14.5. The topological polar surface area (TPSA) is 80.4 Å². The van der Waals surface area contributed by atoms with E-state index in [-0.39, 0.29) is 16.9 Å². The molecule has 5 nitrogen and oxygen atoms in total. The van der Waals surface area contributed by atoms with Crippen molar-refractivity contribution in [1.82, 2.24) is 4.98 Å². The summed E-state index contributed by atoms with van der Waals surface area (Å²) in [5.74, 6) is -1.46. The molecule has 0 saturated carbocycles. The van der Waals surface area contributed by atoms with E-state index in [2.05, 4.69) is 21.9 Å². The highest BCUT2D eigenvalue weighted by Crippen LogP contribution is 2.40. The second-order valence-corrected chi connectivity index (χ2v) is 6.89. The zero-order chi connectivity index (χ0) is 18.9. The van der Waals surface area contributed by atoms with E-state index in [1.54, 1.807) is 6.92 Å². The molecule has 2 heterocycles. The first-order valence-corrected chi connectivity index (χ1v) is 8.68. The molecule has 0 aliphatic carbocycles. The Bertz CT molecular complexity index is 931. The molecule has 1 atom stereocenters. The van der Waals surface area contributed by atoms with E-state index in [0.717, 1.165) is 6.07 Å². The number of benzene rings is 1. The predicted molar refractivity (Wildman–Crippen MR) is 99.1 cm³/mol. The summed E-state index contributed by atoms with van der Waals surface area (Å²) in [6.07, 6.45) is 1.32. The second-order valence-electron chi connectivity index (χ2n) is 5.90. The van der Waals surface area contributed by atoms with E-state index >= 15 is 0 Å². The van der Waals surface area contributed by atoms with Crippen molar-refractivity contribution >= 4 is 28.5 Å². The monoisotopic (exact) mass is 374 g/mol. The van der Waals surface area contributed by atoms with Gasteiger partial charge in [0.2, 0.25) is 0 Å². The summed E-state index contributed by atoms with van der Waals surface area (Å²) in [6.45, 7) is 5.68. The minimum atomic E-state index is -1.05. The minimum absolute atomic E-state index is 0.227. The summed E-state index contributed by atoms with van der Waals surface area (Å²) in [7, 11) is 0. The molecule has 3 N–H and O–H groups in total. The number of amidine groups is 1. The summed E-state index contributed by atoms with van der Waals surface area (Å²) >= 11 is 1.33. The van der Waals surface area contributed by atoms with Gasteiger partial charge in [0.1, 0.15) is 11.4 Å². The zero-order valence-corrected chi connectivity index (χ0v) is 14.7. The molecule has 1 aromatic heterocycles. The number of carbonyl (C=O) groups is 1. The summed E-state index contributed by atoms with van der Waals surface area (Å²) in [4.78, 5) is 20.3. The number of hydrogen-bond acceptors (Lipinski definition) is 5. The summed E-state index contributed by atoms with van der Waals surface area (Å²) in [5, 5.41) is 2.86. The lowest BCUT2D eigenvalue weighted by Gasteiger charge is -2.32. The normalized spacial score (nSPS) is 19.8. The third-order valence-electron chi connectivity index (χ3n) is 4.14. The number of pyridine rings is 1. The molecule has 1 aromatic carbocycles. The Kier molecular flexibility index (Phi) is 4.78. The highest BCUT2D eigenvalue weighted by molar-refractivity contribution is 8.14. The number of aliphatic imine (C=N–C) groups is 1. The summed E-state index contributed by atoms with van der Waals surface area (Å²) in [5.41, 5.74) is 5.62. The number of hydrogen-bond donors (Lipinski definition) is 2. The van der Waals surface area contributed by atoms with Gasteiger partial charge in [-0.25, -0.2) is 18.8 Å². The lowest BCUT2D eigenvalue weighted by molar-refractivity contribution is 0.101. The smallest absolute Gasteiger partial charge is 0.277 e. The van der Waals surface area contributed by atoms with Gasteiger partial charge >= 0.3 is 0 Å². The Morgan fingerprint density at radius 2 is 2.12 bits per heavy atom. The van der Waals surface area contributed by atoms with Crippen molar-refractivity contribution in [2.75, 3.05) is 11.1 Å². The first kappa shape index (κ1) is 18.1. The fraction of sp³-hybridized carbons (Fsp3) is 0.167. The molecule has 8 heteroatoms. The Morgan fingerprint density at radius 1 is 1.35 bits per heavy atom. The third kappa shape index (κ3) is 3.32. The SMILES string of the molecule is C=C1CSC(N)=N[C@]1(C)c1cc(NC(=O)c2ncccc2F)ccc1F. The van der Waals surface area contributed by atoms with Crippen LogP contribution in [0.2, 0.25) is 0 Å². The van der Waals surface area contributed by atoms with Gasteiger partial charge in [0.25, 0.3) is 5.91 Å². The molecule has 0 fully saturated rings. The van der Waals surface area contributed by atoms with E-state index < -0.39 is 23.1 Å². The van der Waals surface area contributed by atoms with E-state index in [9.17, 15) is 13.6 Å². The Morgan fingerprint density at radius 3 is 2.85 bits per heavy atom. The van der Waals surface area contributed by atoms with Crippen LogP contribution in [0.15, 0.2) is 53.7 Å². The average Bonchev–Trinajstić information content (AvgIpc) is 2.60. The number of rotatable bonds is 3. The predicted octanol–water partition coefficient (Wildman–Crippen LogP) is 3.45. The number of carbonyl (C=O) groups excluding carboxylic acids is 1. The number of thioether (sulfide) groups is 1. The van der Waals surface area contributed by atoms with E-state index in [1.807, 2.05) is 0 Å². The van der Waals surface area contributed by atoms with Crippen molar-refractivity contribution in [3.63, 3.8) is 0 Å².